The van der Waals surface area contributed by atoms with E-state index in [9.17, 15) is 0 Å². The summed E-state index contributed by atoms with van der Waals surface area (Å²) in [5.41, 5.74) is 4.78. The zero-order valence-electron chi connectivity index (χ0n) is 15.1. The quantitative estimate of drug-likeness (QED) is 0.522. The van der Waals surface area contributed by atoms with E-state index in [1.807, 2.05) is 24.3 Å². The highest BCUT2D eigenvalue weighted by molar-refractivity contribution is 7.80. The molecule has 0 saturated carbocycles. The van der Waals surface area contributed by atoms with Gasteiger partial charge in [0.25, 0.3) is 0 Å². The number of hydrogen-bond acceptors (Lipinski definition) is 2. The molecule has 2 aromatic rings. The molecule has 3 nitrogen and oxygen atoms in total. The Morgan fingerprint density at radius 3 is 2.48 bits per heavy atom. The summed E-state index contributed by atoms with van der Waals surface area (Å²) in [4.78, 5) is 0. The van der Waals surface area contributed by atoms with Gasteiger partial charge in [0.15, 0.2) is 5.11 Å². The van der Waals surface area contributed by atoms with E-state index in [0.29, 0.717) is 11.7 Å². The van der Waals surface area contributed by atoms with Crippen molar-refractivity contribution in [3.63, 3.8) is 0 Å². The highest BCUT2D eigenvalue weighted by Gasteiger charge is 2.11. The van der Waals surface area contributed by atoms with Gasteiger partial charge in [-0.2, -0.15) is 0 Å². The van der Waals surface area contributed by atoms with Crippen LogP contribution in [0.25, 0.3) is 0 Å². The zero-order chi connectivity index (χ0) is 18.2. The van der Waals surface area contributed by atoms with Crippen LogP contribution in [0, 0.1) is 13.8 Å². The van der Waals surface area contributed by atoms with Crippen molar-refractivity contribution in [3.8, 4) is 5.75 Å². The van der Waals surface area contributed by atoms with Gasteiger partial charge in [0, 0.05) is 5.69 Å². The molecule has 2 aromatic carbocycles. The number of hydrogen-bond donors (Lipinski definition) is 2. The van der Waals surface area contributed by atoms with Crippen molar-refractivity contribution in [3.05, 3.63) is 71.8 Å². The van der Waals surface area contributed by atoms with E-state index in [2.05, 4.69) is 56.2 Å². The van der Waals surface area contributed by atoms with Crippen LogP contribution in [0.3, 0.4) is 0 Å². The van der Waals surface area contributed by atoms with E-state index < -0.39 is 0 Å². The number of rotatable bonds is 7. The van der Waals surface area contributed by atoms with E-state index in [-0.39, 0.29) is 6.04 Å². The molecule has 0 fully saturated rings. The lowest BCUT2D eigenvalue weighted by Gasteiger charge is -2.21. The first-order valence-electron chi connectivity index (χ1n) is 8.52. The summed E-state index contributed by atoms with van der Waals surface area (Å²) >= 11 is 5.47. The van der Waals surface area contributed by atoms with E-state index in [4.69, 9.17) is 17.0 Å². The first-order valence-corrected chi connectivity index (χ1v) is 8.92. The predicted octanol–water partition coefficient (Wildman–Crippen LogP) is 5.31. The molecule has 0 saturated heterocycles. The Bertz CT molecular complexity index is 725. The van der Waals surface area contributed by atoms with Gasteiger partial charge in [-0.25, -0.2) is 0 Å². The van der Waals surface area contributed by atoms with Crippen LogP contribution in [-0.4, -0.2) is 11.7 Å². The van der Waals surface area contributed by atoms with Crippen LogP contribution >= 0.6 is 12.2 Å². The lowest BCUT2D eigenvalue weighted by molar-refractivity contribution is 0.363. The third-order valence-electron chi connectivity index (χ3n) is 4.13. The third-order valence-corrected chi connectivity index (χ3v) is 4.35. The lowest BCUT2D eigenvalue weighted by atomic mass is 9.99. The van der Waals surface area contributed by atoms with Gasteiger partial charge in [-0.3, -0.25) is 0 Å². The van der Waals surface area contributed by atoms with Gasteiger partial charge in [0.05, 0.1) is 6.04 Å². The molecule has 0 aliphatic carbocycles. The summed E-state index contributed by atoms with van der Waals surface area (Å²) in [6, 6.07) is 14.5. The SMILES string of the molecule is C=CCOc1ccc(NC(=S)NC(CC)c2ccc(C)c(C)c2)cc1. The summed E-state index contributed by atoms with van der Waals surface area (Å²) in [7, 11) is 0. The number of aryl methyl sites for hydroxylation is 2. The second-order valence-corrected chi connectivity index (χ2v) is 6.44. The van der Waals surface area contributed by atoms with Crippen LogP contribution in [-0.2, 0) is 0 Å². The largest absolute Gasteiger partial charge is 0.490 e. The zero-order valence-corrected chi connectivity index (χ0v) is 16.0. The minimum Gasteiger partial charge on any atom is -0.490 e. The summed E-state index contributed by atoms with van der Waals surface area (Å²) in [6.45, 7) is 10.6. The maximum absolute atomic E-state index is 5.48. The fraction of sp³-hybridized carbons (Fsp3) is 0.286. The molecule has 0 aliphatic rings. The van der Waals surface area contributed by atoms with Gasteiger partial charge in [0.2, 0.25) is 0 Å². The molecule has 0 aromatic heterocycles. The predicted molar refractivity (Wildman–Crippen MR) is 110 cm³/mol. The monoisotopic (exact) mass is 354 g/mol. The van der Waals surface area contributed by atoms with Crippen molar-refractivity contribution in [2.75, 3.05) is 11.9 Å². The average Bonchev–Trinajstić information content (AvgIpc) is 2.61. The maximum Gasteiger partial charge on any atom is 0.171 e. The minimum absolute atomic E-state index is 0.189. The molecule has 0 heterocycles. The van der Waals surface area contributed by atoms with Crippen LogP contribution < -0.4 is 15.4 Å². The molecular weight excluding hydrogens is 328 g/mol. The topological polar surface area (TPSA) is 33.3 Å². The number of anilines is 1. The first-order chi connectivity index (χ1) is 12.0. The molecule has 0 aliphatic heterocycles. The molecule has 1 unspecified atom stereocenters. The van der Waals surface area contributed by atoms with E-state index in [1.54, 1.807) is 6.08 Å². The van der Waals surface area contributed by atoms with Gasteiger partial charge in [-0.1, -0.05) is 37.8 Å². The van der Waals surface area contributed by atoms with Crippen molar-refractivity contribution in [1.29, 1.82) is 0 Å². The maximum atomic E-state index is 5.48. The Kier molecular flexibility index (Phi) is 7.02. The molecule has 4 heteroatoms. The second-order valence-electron chi connectivity index (χ2n) is 6.03. The molecule has 2 N–H and O–H groups in total. The van der Waals surface area contributed by atoms with Crippen LogP contribution in [0.1, 0.15) is 36.1 Å². The standard InChI is InChI=1S/C21H26N2OS/c1-5-13-24-19-11-9-18(10-12-19)22-21(25)23-20(6-2)17-8-7-15(3)16(4)14-17/h5,7-12,14,20H,1,6,13H2,2-4H3,(H2,22,23,25). The lowest BCUT2D eigenvalue weighted by Crippen LogP contribution is -2.32. The van der Waals surface area contributed by atoms with Crippen LogP contribution in [0.15, 0.2) is 55.1 Å². The van der Waals surface area contributed by atoms with E-state index >= 15 is 0 Å². The van der Waals surface area contributed by atoms with Crippen LogP contribution in [0.2, 0.25) is 0 Å². The van der Waals surface area contributed by atoms with Crippen molar-refractivity contribution >= 4 is 23.0 Å². The molecular formula is C21H26N2OS. The van der Waals surface area contributed by atoms with E-state index in [1.165, 1.54) is 16.7 Å². The third kappa shape index (κ3) is 5.61. The van der Waals surface area contributed by atoms with Crippen LogP contribution in [0.5, 0.6) is 5.75 Å². The van der Waals surface area contributed by atoms with Crippen molar-refractivity contribution in [2.24, 2.45) is 0 Å². The number of ether oxygens (including phenoxy) is 1. The molecule has 0 radical (unpaired) electrons. The molecule has 0 amide bonds. The number of benzene rings is 2. The molecule has 132 valence electrons. The first kappa shape index (κ1) is 19.0. The molecule has 0 spiro atoms. The minimum atomic E-state index is 0.189. The molecule has 2 rings (SSSR count). The summed E-state index contributed by atoms with van der Waals surface area (Å²) < 4.78 is 5.48. The summed E-state index contributed by atoms with van der Waals surface area (Å²) in [5.74, 6) is 0.811. The summed E-state index contributed by atoms with van der Waals surface area (Å²) in [6.07, 6.45) is 2.68. The van der Waals surface area contributed by atoms with Gasteiger partial charge in [-0.15, -0.1) is 0 Å². The average molecular weight is 355 g/mol. The van der Waals surface area contributed by atoms with Crippen molar-refractivity contribution < 1.29 is 4.74 Å². The Balaban J connectivity index is 1.97. The number of nitrogens with one attached hydrogen (secondary N) is 2. The van der Waals surface area contributed by atoms with Crippen molar-refractivity contribution in [1.82, 2.24) is 5.32 Å². The fourth-order valence-electron chi connectivity index (χ4n) is 2.52. The Morgan fingerprint density at radius 2 is 1.88 bits per heavy atom. The number of thiocarbonyl (C=S) groups is 1. The second kappa shape index (κ2) is 9.23. The normalized spacial score (nSPS) is 11.5. The smallest absolute Gasteiger partial charge is 0.171 e. The molecule has 1 atom stereocenters. The fourth-order valence-corrected chi connectivity index (χ4v) is 2.78. The molecule has 0 bridgehead atoms. The van der Waals surface area contributed by atoms with Gasteiger partial charge < -0.3 is 15.4 Å². The highest BCUT2D eigenvalue weighted by atomic mass is 32.1. The van der Waals surface area contributed by atoms with Crippen LogP contribution in [0.4, 0.5) is 5.69 Å². The highest BCUT2D eigenvalue weighted by Crippen LogP contribution is 2.20. The van der Waals surface area contributed by atoms with Crippen molar-refractivity contribution in [2.45, 2.75) is 33.2 Å². The summed E-state index contributed by atoms with van der Waals surface area (Å²) in [5, 5.41) is 7.25. The molecule has 25 heavy (non-hydrogen) atoms. The van der Waals surface area contributed by atoms with Gasteiger partial charge in [-0.05, 0) is 73.4 Å². The van der Waals surface area contributed by atoms with Gasteiger partial charge in [0.1, 0.15) is 12.4 Å². The van der Waals surface area contributed by atoms with E-state index in [0.717, 1.165) is 17.9 Å². The Hall–Kier alpha value is -2.33. The van der Waals surface area contributed by atoms with Gasteiger partial charge >= 0.3 is 0 Å². The Labute approximate surface area is 156 Å². The Morgan fingerprint density at radius 1 is 1.16 bits per heavy atom.